The molecule has 0 N–H and O–H groups in total. The van der Waals surface area contributed by atoms with Gasteiger partial charge in [0.2, 0.25) is 0 Å². The molecular weight excluding hydrogens is 244 g/mol. The zero-order valence-electron chi connectivity index (χ0n) is 9.25. The minimum Gasteiger partial charge on any atom is -0.455 e. The molecular formula is C11H12O5S. The number of esters is 1. The van der Waals surface area contributed by atoms with E-state index in [1.54, 1.807) is 25.1 Å². The van der Waals surface area contributed by atoms with Gasteiger partial charge in [-0.2, -0.15) is 8.42 Å². The molecule has 1 aliphatic rings. The van der Waals surface area contributed by atoms with Crippen molar-refractivity contribution in [2.45, 2.75) is 13.0 Å². The fraction of sp³-hybridized carbons (Fsp3) is 0.364. The van der Waals surface area contributed by atoms with Crippen LogP contribution in [-0.4, -0.2) is 32.9 Å². The Morgan fingerprint density at radius 3 is 2.71 bits per heavy atom. The van der Waals surface area contributed by atoms with Crippen molar-refractivity contribution in [3.63, 3.8) is 0 Å². The number of ether oxygens (including phenoxy) is 1. The molecule has 1 aromatic carbocycles. The molecule has 0 bridgehead atoms. The Morgan fingerprint density at radius 2 is 2.12 bits per heavy atom. The molecule has 1 fully saturated rings. The maximum Gasteiger partial charge on any atom is 0.338 e. The van der Waals surface area contributed by atoms with Crippen molar-refractivity contribution in [1.82, 2.24) is 0 Å². The first-order valence-corrected chi connectivity index (χ1v) is 6.69. The van der Waals surface area contributed by atoms with Crippen molar-refractivity contribution < 1.29 is 22.1 Å². The molecule has 1 atom stereocenters. The number of hydrogen-bond donors (Lipinski definition) is 0. The summed E-state index contributed by atoms with van der Waals surface area (Å²) in [5, 5.41) is 0. The zero-order chi connectivity index (χ0) is 12.5. The molecule has 1 heterocycles. The summed E-state index contributed by atoms with van der Waals surface area (Å²) in [5.41, 5.74) is 1.23. The molecule has 0 amide bonds. The van der Waals surface area contributed by atoms with Crippen LogP contribution in [0.1, 0.15) is 15.9 Å². The molecule has 1 aromatic rings. The molecule has 0 saturated carbocycles. The summed E-state index contributed by atoms with van der Waals surface area (Å²) in [5.74, 6) is -0.793. The Labute approximate surface area is 99.5 Å². The van der Waals surface area contributed by atoms with Crippen molar-refractivity contribution in [1.29, 1.82) is 0 Å². The van der Waals surface area contributed by atoms with Gasteiger partial charge < -0.3 is 4.74 Å². The van der Waals surface area contributed by atoms with Gasteiger partial charge in [-0.1, -0.05) is 18.2 Å². The molecule has 1 saturated heterocycles. The van der Waals surface area contributed by atoms with E-state index in [4.69, 9.17) is 4.74 Å². The van der Waals surface area contributed by atoms with E-state index >= 15 is 0 Å². The summed E-state index contributed by atoms with van der Waals surface area (Å²) >= 11 is 0. The first kappa shape index (κ1) is 12.1. The average Bonchev–Trinajstić information content (AvgIpc) is 2.58. The second-order valence-electron chi connectivity index (χ2n) is 3.85. The van der Waals surface area contributed by atoms with Crippen molar-refractivity contribution >= 4 is 16.1 Å². The summed E-state index contributed by atoms with van der Waals surface area (Å²) in [7, 11) is -3.51. The number of carbonyl (C=O) groups is 1. The van der Waals surface area contributed by atoms with Crippen molar-refractivity contribution in [2.75, 3.05) is 12.4 Å². The van der Waals surface area contributed by atoms with Crippen LogP contribution < -0.4 is 0 Å². The monoisotopic (exact) mass is 256 g/mol. The molecule has 6 heteroatoms. The van der Waals surface area contributed by atoms with Gasteiger partial charge in [0.15, 0.2) is 0 Å². The fourth-order valence-electron chi connectivity index (χ4n) is 1.59. The van der Waals surface area contributed by atoms with E-state index in [9.17, 15) is 13.2 Å². The highest BCUT2D eigenvalue weighted by Crippen LogP contribution is 2.15. The third-order valence-corrected chi connectivity index (χ3v) is 3.74. The van der Waals surface area contributed by atoms with Crippen LogP contribution in [0.5, 0.6) is 0 Å². The lowest BCUT2D eigenvalue weighted by atomic mass is 10.1. The van der Waals surface area contributed by atoms with E-state index in [0.717, 1.165) is 5.56 Å². The molecule has 0 aromatic heterocycles. The Morgan fingerprint density at radius 1 is 1.41 bits per heavy atom. The van der Waals surface area contributed by atoms with Gasteiger partial charge in [0.1, 0.15) is 18.5 Å². The second kappa shape index (κ2) is 4.46. The highest BCUT2D eigenvalue weighted by atomic mass is 32.2. The standard InChI is InChI=1S/C11H12O5S/c1-8-4-2-3-5-10(8)11(12)16-9-6-15-17(13,14)7-9/h2-5,9H,6-7H2,1H3. The Kier molecular flexibility index (Phi) is 3.17. The first-order valence-electron chi connectivity index (χ1n) is 5.12. The molecule has 0 aliphatic carbocycles. The highest BCUT2D eigenvalue weighted by Gasteiger charge is 2.32. The molecule has 0 radical (unpaired) electrons. The van der Waals surface area contributed by atoms with E-state index < -0.39 is 22.2 Å². The second-order valence-corrected chi connectivity index (χ2v) is 5.54. The third kappa shape index (κ3) is 2.83. The smallest absolute Gasteiger partial charge is 0.338 e. The lowest BCUT2D eigenvalue weighted by molar-refractivity contribution is 0.0301. The third-order valence-electron chi connectivity index (χ3n) is 2.46. The molecule has 92 valence electrons. The van der Waals surface area contributed by atoms with Gasteiger partial charge >= 0.3 is 5.97 Å². The average molecular weight is 256 g/mol. The number of aryl methyl sites for hydroxylation is 1. The predicted molar refractivity (Wildman–Crippen MR) is 60.1 cm³/mol. The van der Waals surface area contributed by atoms with Crippen LogP contribution in [0.3, 0.4) is 0 Å². The molecule has 0 spiro atoms. The highest BCUT2D eigenvalue weighted by molar-refractivity contribution is 7.87. The molecule has 17 heavy (non-hydrogen) atoms. The van der Waals surface area contributed by atoms with Crippen LogP contribution in [0.15, 0.2) is 24.3 Å². The lowest BCUT2D eigenvalue weighted by Crippen LogP contribution is -2.22. The zero-order valence-corrected chi connectivity index (χ0v) is 10.1. The van der Waals surface area contributed by atoms with Gasteiger partial charge in [0.05, 0.1) is 5.56 Å². The Balaban J connectivity index is 2.06. The van der Waals surface area contributed by atoms with Crippen LogP contribution in [-0.2, 0) is 19.0 Å². The van der Waals surface area contributed by atoms with E-state index in [0.29, 0.717) is 5.56 Å². The summed E-state index contributed by atoms with van der Waals surface area (Å²) < 4.78 is 31.6. The van der Waals surface area contributed by atoms with Crippen LogP contribution in [0.4, 0.5) is 0 Å². The quantitative estimate of drug-likeness (QED) is 0.580. The van der Waals surface area contributed by atoms with Gasteiger partial charge in [-0.25, -0.2) is 4.79 Å². The van der Waals surface area contributed by atoms with E-state index in [-0.39, 0.29) is 12.4 Å². The van der Waals surface area contributed by atoms with Gasteiger partial charge in [-0.3, -0.25) is 4.18 Å². The van der Waals surface area contributed by atoms with Crippen molar-refractivity contribution in [3.05, 3.63) is 35.4 Å². The van der Waals surface area contributed by atoms with Gasteiger partial charge in [-0.15, -0.1) is 0 Å². The molecule has 1 unspecified atom stereocenters. The Bertz CT molecular complexity index is 535. The summed E-state index contributed by atoms with van der Waals surface area (Å²) in [6.45, 7) is 1.69. The number of hydrogen-bond acceptors (Lipinski definition) is 5. The van der Waals surface area contributed by atoms with Crippen LogP contribution in [0, 0.1) is 6.92 Å². The van der Waals surface area contributed by atoms with Crippen LogP contribution >= 0.6 is 0 Å². The first-order chi connectivity index (χ1) is 7.98. The molecule has 2 rings (SSSR count). The van der Waals surface area contributed by atoms with E-state index in [1.165, 1.54) is 0 Å². The normalized spacial score (nSPS) is 22.3. The fourth-order valence-corrected chi connectivity index (χ4v) is 2.66. The maximum absolute atomic E-state index is 11.8. The van der Waals surface area contributed by atoms with E-state index in [1.807, 2.05) is 6.07 Å². The van der Waals surface area contributed by atoms with Gasteiger partial charge in [-0.05, 0) is 18.6 Å². The molecule has 1 aliphatic heterocycles. The maximum atomic E-state index is 11.8. The predicted octanol–water partition coefficient (Wildman–Crippen LogP) is 0.880. The number of rotatable bonds is 2. The van der Waals surface area contributed by atoms with Crippen molar-refractivity contribution in [2.24, 2.45) is 0 Å². The number of benzene rings is 1. The lowest BCUT2D eigenvalue weighted by Gasteiger charge is -2.10. The van der Waals surface area contributed by atoms with Crippen LogP contribution in [0.25, 0.3) is 0 Å². The minimum atomic E-state index is -3.51. The SMILES string of the molecule is Cc1ccccc1C(=O)OC1COS(=O)(=O)C1. The summed E-state index contributed by atoms with van der Waals surface area (Å²) in [4.78, 5) is 11.8. The minimum absolute atomic E-state index is 0.0973. The summed E-state index contributed by atoms with van der Waals surface area (Å²) in [6.07, 6.45) is -0.716. The topological polar surface area (TPSA) is 69.7 Å². The van der Waals surface area contributed by atoms with Gasteiger partial charge in [0.25, 0.3) is 10.1 Å². The molecule has 5 nitrogen and oxygen atoms in total. The van der Waals surface area contributed by atoms with E-state index in [2.05, 4.69) is 4.18 Å². The largest absolute Gasteiger partial charge is 0.455 e. The summed E-state index contributed by atoms with van der Waals surface area (Å²) in [6, 6.07) is 6.97. The Hall–Kier alpha value is -1.40. The van der Waals surface area contributed by atoms with Crippen LogP contribution in [0.2, 0.25) is 0 Å². The van der Waals surface area contributed by atoms with Crippen molar-refractivity contribution in [3.8, 4) is 0 Å². The van der Waals surface area contributed by atoms with Gasteiger partial charge in [0, 0.05) is 0 Å². The number of carbonyl (C=O) groups excluding carboxylic acids is 1.